The third-order valence-electron chi connectivity index (χ3n) is 8.69. The fraction of sp³-hybridized carbons (Fsp3) is 0.576. The Kier molecular flexibility index (Phi) is 13.4. The quantitative estimate of drug-likeness (QED) is 0.155. The van der Waals surface area contributed by atoms with Crippen LogP contribution in [0.1, 0.15) is 61.8 Å². The van der Waals surface area contributed by atoms with E-state index in [9.17, 15) is 0 Å². The molecular weight excluding hydrogens is 564 g/mol. The van der Waals surface area contributed by atoms with Gasteiger partial charge in [0.2, 0.25) is 0 Å². The molecule has 0 N–H and O–H groups in total. The smallest absolute Gasteiger partial charge is 0.515 e. The van der Waals surface area contributed by atoms with Gasteiger partial charge in [0.05, 0.1) is 17.8 Å². The normalized spacial score (nSPS) is 31.5. The predicted molar refractivity (Wildman–Crippen MR) is 160 cm³/mol. The van der Waals surface area contributed by atoms with Gasteiger partial charge < -0.3 is 34.3 Å². The van der Waals surface area contributed by atoms with Gasteiger partial charge in [0.1, 0.15) is 0 Å². The second-order valence-electron chi connectivity index (χ2n) is 11.5. The van der Waals surface area contributed by atoms with E-state index in [4.69, 9.17) is 20.5 Å². The van der Waals surface area contributed by atoms with E-state index in [-0.39, 0.29) is 51.3 Å². The van der Waals surface area contributed by atoms with Crippen molar-refractivity contribution in [1.82, 2.24) is 0 Å². The summed E-state index contributed by atoms with van der Waals surface area (Å²) in [5, 5.41) is 0. The van der Waals surface area contributed by atoms with Gasteiger partial charge in [-0.05, 0) is 50.6 Å². The molecule has 0 aromatic rings. The molecule has 1 spiro atoms. The maximum atomic E-state index is 7.03. The minimum atomic E-state index is -1.84. The largest absolute Gasteiger partial charge is 3.00 e. The van der Waals surface area contributed by atoms with E-state index in [0.29, 0.717) is 11.8 Å². The van der Waals surface area contributed by atoms with Gasteiger partial charge in [0.25, 0.3) is 0 Å². The van der Waals surface area contributed by atoms with Crippen LogP contribution in [0.4, 0.5) is 0 Å². The van der Waals surface area contributed by atoms with E-state index in [2.05, 4.69) is 116 Å². The van der Waals surface area contributed by atoms with Gasteiger partial charge in [-0.1, -0.05) is 58.9 Å². The summed E-state index contributed by atoms with van der Waals surface area (Å²) in [7, 11) is -1.84. The zero-order valence-electron chi connectivity index (χ0n) is 25.3. The first-order chi connectivity index (χ1) is 17.0. The SMILES string of the molecule is C1=CC([CH-]C2C=CC=C2)C=C1.[CH-]=CC1(O[Si](CC)(CC)CC)C(C)=CC2(CC1(C)C)OC(C)C(C)O2.[CH3-].[Zr+3]. The van der Waals surface area contributed by atoms with Crippen molar-refractivity contribution in [2.45, 2.75) is 104 Å². The van der Waals surface area contributed by atoms with E-state index in [1.165, 1.54) is 0 Å². The van der Waals surface area contributed by atoms with Crippen LogP contribution >= 0.6 is 0 Å². The van der Waals surface area contributed by atoms with Crippen LogP contribution < -0.4 is 0 Å². The van der Waals surface area contributed by atoms with Crippen molar-refractivity contribution in [3.05, 3.63) is 86.8 Å². The molecule has 1 aliphatic heterocycles. The van der Waals surface area contributed by atoms with Crippen molar-refractivity contribution in [3.63, 3.8) is 0 Å². The average molecular weight is 615 g/mol. The number of hydrogen-bond donors (Lipinski definition) is 0. The Morgan fingerprint density at radius 3 is 1.71 bits per heavy atom. The molecule has 3 aliphatic carbocycles. The number of hydrogen-bond acceptors (Lipinski definition) is 3. The molecule has 0 bridgehead atoms. The standard InChI is InChI=1S/C21H37O3Si.C11H11.CH3.Zr/c1-10-21(24-25(11-2,12-3)13-4)16(5)14-20(15-19(21,8)9)22-17(6)18(7)23-20;1-2-6-10(5-1)9-11-7-3-4-8-11;;/h1,10,14,17-18H,11-13,15H2,2-9H3;1-11H;1H3;/q3*-1;+3. The van der Waals surface area contributed by atoms with E-state index >= 15 is 0 Å². The third-order valence-corrected chi connectivity index (χ3v) is 13.3. The summed E-state index contributed by atoms with van der Waals surface area (Å²) in [6.07, 6.45) is 24.4. The Balaban J connectivity index is 0.000000464. The Bertz CT molecular complexity index is 858. The zero-order chi connectivity index (χ0) is 26.6. The zero-order valence-corrected chi connectivity index (χ0v) is 28.7. The van der Waals surface area contributed by atoms with Crippen molar-refractivity contribution >= 4 is 8.32 Å². The first kappa shape index (κ1) is 35.4. The summed E-state index contributed by atoms with van der Waals surface area (Å²) in [6.45, 7) is 23.8. The average Bonchev–Trinajstić information content (AvgIpc) is 3.59. The second kappa shape index (κ2) is 14.4. The van der Waals surface area contributed by atoms with Gasteiger partial charge >= 0.3 is 26.2 Å². The Morgan fingerprint density at radius 1 is 0.947 bits per heavy atom. The van der Waals surface area contributed by atoms with E-state index in [1.807, 2.05) is 0 Å². The van der Waals surface area contributed by atoms with Crippen LogP contribution in [-0.4, -0.2) is 31.9 Å². The van der Waals surface area contributed by atoms with Crippen LogP contribution in [-0.2, 0) is 40.1 Å². The molecule has 1 fully saturated rings. The monoisotopic (exact) mass is 613 g/mol. The molecule has 3 atom stereocenters. The summed E-state index contributed by atoms with van der Waals surface area (Å²) in [5.74, 6) is 0.441. The summed E-state index contributed by atoms with van der Waals surface area (Å²) in [4.78, 5) is 0. The molecule has 1 radical (unpaired) electrons. The summed E-state index contributed by atoms with van der Waals surface area (Å²) >= 11 is 0. The molecule has 5 heteroatoms. The summed E-state index contributed by atoms with van der Waals surface area (Å²) in [6, 6.07) is 3.31. The Labute approximate surface area is 254 Å². The minimum Gasteiger partial charge on any atom is -0.515 e. The van der Waals surface area contributed by atoms with Crippen LogP contribution in [0.3, 0.4) is 0 Å². The van der Waals surface area contributed by atoms with Crippen LogP contribution in [0.2, 0.25) is 18.1 Å². The molecule has 3 unspecified atom stereocenters. The first-order valence-corrected chi connectivity index (χ1v) is 16.4. The maximum absolute atomic E-state index is 7.03. The molecular formula is C33H51O3SiZr. The predicted octanol–water partition coefficient (Wildman–Crippen LogP) is 8.76. The van der Waals surface area contributed by atoms with E-state index in [1.54, 1.807) is 6.08 Å². The minimum absolute atomic E-state index is 0. The number of allylic oxidation sites excluding steroid dienone is 8. The van der Waals surface area contributed by atoms with E-state index < -0.39 is 19.7 Å². The Hall–Kier alpha value is -0.580. The maximum Gasteiger partial charge on any atom is 3.00 e. The summed E-state index contributed by atoms with van der Waals surface area (Å²) in [5.41, 5.74) is 0.330. The van der Waals surface area contributed by atoms with Crippen LogP contribution in [0.25, 0.3) is 0 Å². The van der Waals surface area contributed by atoms with Crippen molar-refractivity contribution in [3.8, 4) is 0 Å². The molecule has 38 heavy (non-hydrogen) atoms. The third kappa shape index (κ3) is 7.38. The molecule has 0 aromatic carbocycles. The van der Waals surface area contributed by atoms with Crippen molar-refractivity contribution < 1.29 is 40.1 Å². The van der Waals surface area contributed by atoms with Gasteiger partial charge in [0, 0.05) is 11.8 Å². The van der Waals surface area contributed by atoms with Crippen molar-refractivity contribution in [1.29, 1.82) is 0 Å². The molecule has 4 aliphatic rings. The molecule has 1 saturated heterocycles. The van der Waals surface area contributed by atoms with Crippen molar-refractivity contribution in [2.24, 2.45) is 17.3 Å². The molecule has 0 aromatic heterocycles. The molecule has 0 amide bonds. The van der Waals surface area contributed by atoms with E-state index in [0.717, 1.165) is 30.1 Å². The summed E-state index contributed by atoms with van der Waals surface area (Å²) < 4.78 is 19.5. The fourth-order valence-corrected chi connectivity index (χ4v) is 9.22. The fourth-order valence-electron chi connectivity index (χ4n) is 6.10. The first-order valence-electron chi connectivity index (χ1n) is 13.9. The van der Waals surface area contributed by atoms with Gasteiger partial charge in [0.15, 0.2) is 14.1 Å². The van der Waals surface area contributed by atoms with Gasteiger partial charge in [-0.15, -0.1) is 36.1 Å². The second-order valence-corrected chi connectivity index (χ2v) is 16.2. The van der Waals surface area contributed by atoms with Crippen LogP contribution in [0.15, 0.2) is 66.3 Å². The van der Waals surface area contributed by atoms with Gasteiger partial charge in [-0.25, -0.2) is 6.08 Å². The van der Waals surface area contributed by atoms with Crippen LogP contribution in [0, 0.1) is 37.7 Å². The molecule has 1 heterocycles. The van der Waals surface area contributed by atoms with Gasteiger partial charge in [-0.2, -0.15) is 0 Å². The number of ether oxygens (including phenoxy) is 2. The molecule has 209 valence electrons. The molecule has 3 nitrogen and oxygen atoms in total. The molecule has 0 saturated carbocycles. The van der Waals surface area contributed by atoms with Gasteiger partial charge in [-0.3, -0.25) is 0 Å². The van der Waals surface area contributed by atoms with Crippen molar-refractivity contribution in [2.75, 3.05) is 0 Å². The topological polar surface area (TPSA) is 27.7 Å². The molecule has 4 rings (SSSR count). The Morgan fingerprint density at radius 2 is 1.37 bits per heavy atom. The number of rotatable bonds is 8. The van der Waals surface area contributed by atoms with Crippen LogP contribution in [0.5, 0.6) is 0 Å².